The zero-order valence-corrected chi connectivity index (χ0v) is 14.5. The van der Waals surface area contributed by atoms with Gasteiger partial charge in [-0.15, -0.1) is 0 Å². The van der Waals surface area contributed by atoms with Crippen molar-refractivity contribution in [3.63, 3.8) is 0 Å². The molecule has 5 nitrogen and oxygen atoms in total. The van der Waals surface area contributed by atoms with Crippen LogP contribution in [0.1, 0.15) is 44.3 Å². The summed E-state index contributed by atoms with van der Waals surface area (Å²) >= 11 is 0. The lowest BCUT2D eigenvalue weighted by atomic mass is 9.94. The molecular formula is C20H25N3O2. The Labute approximate surface area is 148 Å². The van der Waals surface area contributed by atoms with Crippen molar-refractivity contribution in [2.24, 2.45) is 0 Å². The van der Waals surface area contributed by atoms with Gasteiger partial charge in [-0.1, -0.05) is 48.3 Å². The van der Waals surface area contributed by atoms with E-state index in [1.165, 1.54) is 12.8 Å². The molecule has 2 fully saturated rings. The van der Waals surface area contributed by atoms with E-state index in [1.807, 2.05) is 36.4 Å². The molecule has 4 rings (SSSR count). The molecule has 1 aliphatic heterocycles. The number of amides is 1. The predicted octanol–water partition coefficient (Wildman–Crippen LogP) is 3.37. The highest BCUT2D eigenvalue weighted by molar-refractivity contribution is 5.86. The number of rotatable bonds is 5. The monoisotopic (exact) mass is 339 g/mol. The highest BCUT2D eigenvalue weighted by atomic mass is 16.5. The molecule has 0 bridgehead atoms. The minimum absolute atomic E-state index is 0.157. The van der Waals surface area contributed by atoms with Crippen LogP contribution in [0.4, 0.5) is 0 Å². The summed E-state index contributed by atoms with van der Waals surface area (Å²) in [5.41, 5.74) is 1.53. The van der Waals surface area contributed by atoms with E-state index >= 15 is 0 Å². The highest BCUT2D eigenvalue weighted by Gasteiger charge is 2.46. The fourth-order valence-electron chi connectivity index (χ4n) is 4.27. The SMILES string of the molecule is O=C(NCc1cc(-c2ccccc2)no1)C1(N2CCCC2)CCCC1. The molecule has 2 aliphatic rings. The van der Waals surface area contributed by atoms with Crippen LogP contribution in [0.2, 0.25) is 0 Å². The van der Waals surface area contributed by atoms with Crippen molar-refractivity contribution in [2.45, 2.75) is 50.6 Å². The van der Waals surface area contributed by atoms with Gasteiger partial charge in [0.25, 0.3) is 0 Å². The van der Waals surface area contributed by atoms with Gasteiger partial charge in [0.2, 0.25) is 5.91 Å². The van der Waals surface area contributed by atoms with Crippen LogP contribution in [0.15, 0.2) is 40.9 Å². The molecule has 1 aromatic carbocycles. The number of carbonyl (C=O) groups is 1. The summed E-state index contributed by atoms with van der Waals surface area (Å²) in [5.74, 6) is 0.853. The zero-order valence-electron chi connectivity index (χ0n) is 14.5. The quantitative estimate of drug-likeness (QED) is 0.907. The predicted molar refractivity (Wildman–Crippen MR) is 95.8 cm³/mol. The molecule has 1 amide bonds. The van der Waals surface area contributed by atoms with Crippen molar-refractivity contribution in [3.8, 4) is 11.3 Å². The van der Waals surface area contributed by atoms with Crippen LogP contribution in [0.5, 0.6) is 0 Å². The Bertz CT molecular complexity index is 714. The fourth-order valence-corrected chi connectivity index (χ4v) is 4.27. The lowest BCUT2D eigenvalue weighted by Crippen LogP contribution is -2.56. The van der Waals surface area contributed by atoms with Crippen LogP contribution in [-0.2, 0) is 11.3 Å². The molecule has 0 unspecified atom stereocenters. The number of hydrogen-bond acceptors (Lipinski definition) is 4. The molecule has 2 heterocycles. The number of carbonyl (C=O) groups excluding carboxylic acids is 1. The number of hydrogen-bond donors (Lipinski definition) is 1. The highest BCUT2D eigenvalue weighted by Crippen LogP contribution is 2.37. The van der Waals surface area contributed by atoms with Gasteiger partial charge < -0.3 is 9.84 Å². The summed E-state index contributed by atoms with van der Waals surface area (Å²) in [5, 5.41) is 7.23. The summed E-state index contributed by atoms with van der Waals surface area (Å²) < 4.78 is 5.41. The van der Waals surface area contributed by atoms with E-state index in [4.69, 9.17) is 4.52 Å². The molecule has 1 saturated carbocycles. The van der Waals surface area contributed by atoms with E-state index in [0.717, 1.165) is 50.0 Å². The smallest absolute Gasteiger partial charge is 0.240 e. The lowest BCUT2D eigenvalue weighted by Gasteiger charge is -2.37. The first-order chi connectivity index (χ1) is 12.3. The maximum atomic E-state index is 13.0. The van der Waals surface area contributed by atoms with E-state index in [-0.39, 0.29) is 11.4 Å². The first-order valence-corrected chi connectivity index (χ1v) is 9.32. The van der Waals surface area contributed by atoms with Crippen molar-refractivity contribution >= 4 is 5.91 Å². The van der Waals surface area contributed by atoms with Crippen molar-refractivity contribution in [1.82, 2.24) is 15.4 Å². The van der Waals surface area contributed by atoms with Crippen molar-refractivity contribution in [2.75, 3.05) is 13.1 Å². The maximum Gasteiger partial charge on any atom is 0.240 e. The van der Waals surface area contributed by atoms with Crippen molar-refractivity contribution in [1.29, 1.82) is 0 Å². The largest absolute Gasteiger partial charge is 0.359 e. The van der Waals surface area contributed by atoms with E-state index in [0.29, 0.717) is 12.3 Å². The zero-order chi connectivity index (χ0) is 17.1. The molecule has 0 radical (unpaired) electrons. The number of likely N-dealkylation sites (tertiary alicyclic amines) is 1. The Morgan fingerprint density at radius 3 is 2.56 bits per heavy atom. The van der Waals surface area contributed by atoms with Crippen LogP contribution >= 0.6 is 0 Å². The van der Waals surface area contributed by atoms with Gasteiger partial charge >= 0.3 is 0 Å². The van der Waals surface area contributed by atoms with Crippen molar-refractivity contribution < 1.29 is 9.32 Å². The average molecular weight is 339 g/mol. The number of benzene rings is 1. The van der Waals surface area contributed by atoms with Crippen LogP contribution in [0.25, 0.3) is 11.3 Å². The first-order valence-electron chi connectivity index (χ1n) is 9.32. The summed E-state index contributed by atoms with van der Waals surface area (Å²) in [4.78, 5) is 15.4. The Kier molecular flexibility index (Phi) is 4.57. The van der Waals surface area contributed by atoms with Gasteiger partial charge in [0.15, 0.2) is 5.76 Å². The summed E-state index contributed by atoms with van der Waals surface area (Å²) in [6, 6.07) is 11.8. The third-order valence-electron chi connectivity index (χ3n) is 5.62. The number of aromatic nitrogens is 1. The average Bonchev–Trinajstić information content (AvgIpc) is 3.42. The van der Waals surface area contributed by atoms with Crippen LogP contribution in [-0.4, -0.2) is 34.6 Å². The second-order valence-corrected chi connectivity index (χ2v) is 7.16. The molecule has 25 heavy (non-hydrogen) atoms. The molecule has 132 valence electrons. The topological polar surface area (TPSA) is 58.4 Å². The van der Waals surface area contributed by atoms with Crippen molar-refractivity contribution in [3.05, 3.63) is 42.2 Å². The Balaban J connectivity index is 1.42. The molecule has 1 aromatic heterocycles. The minimum atomic E-state index is -0.293. The first kappa shape index (κ1) is 16.3. The third-order valence-corrected chi connectivity index (χ3v) is 5.62. The Hall–Kier alpha value is -2.14. The van der Waals surface area contributed by atoms with E-state index in [2.05, 4.69) is 15.4 Å². The van der Waals surface area contributed by atoms with Gasteiger partial charge in [0.1, 0.15) is 11.2 Å². The van der Waals surface area contributed by atoms with Gasteiger partial charge in [-0.05, 0) is 38.8 Å². The summed E-state index contributed by atoms with van der Waals surface area (Å²) in [6.07, 6.45) is 6.65. The second-order valence-electron chi connectivity index (χ2n) is 7.16. The molecule has 5 heteroatoms. The normalized spacial score (nSPS) is 20.0. The van der Waals surface area contributed by atoms with Gasteiger partial charge in [0, 0.05) is 11.6 Å². The summed E-state index contributed by atoms with van der Waals surface area (Å²) in [7, 11) is 0. The molecule has 1 saturated heterocycles. The van der Waals surface area contributed by atoms with E-state index in [1.54, 1.807) is 0 Å². The molecule has 1 aliphatic carbocycles. The van der Waals surface area contributed by atoms with Gasteiger partial charge in [-0.2, -0.15) is 0 Å². The molecule has 0 atom stereocenters. The van der Waals surface area contributed by atoms with Gasteiger partial charge in [-0.3, -0.25) is 9.69 Å². The van der Waals surface area contributed by atoms with Crippen LogP contribution in [0, 0.1) is 0 Å². The Morgan fingerprint density at radius 1 is 1.12 bits per heavy atom. The molecule has 1 N–H and O–H groups in total. The standard InChI is InChI=1S/C20H25N3O2/c24-19(20(10-4-5-11-20)23-12-6-7-13-23)21-15-17-14-18(22-25-17)16-8-2-1-3-9-16/h1-3,8-9,14H,4-7,10-13,15H2,(H,21,24). The Morgan fingerprint density at radius 2 is 1.84 bits per heavy atom. The van der Waals surface area contributed by atoms with Gasteiger partial charge in [-0.25, -0.2) is 0 Å². The third kappa shape index (κ3) is 3.21. The van der Waals surface area contributed by atoms with E-state index in [9.17, 15) is 4.79 Å². The molecule has 2 aromatic rings. The molecular weight excluding hydrogens is 314 g/mol. The van der Waals surface area contributed by atoms with Crippen LogP contribution < -0.4 is 5.32 Å². The number of nitrogens with zero attached hydrogens (tertiary/aromatic N) is 2. The summed E-state index contributed by atoms with van der Waals surface area (Å²) in [6.45, 7) is 2.50. The minimum Gasteiger partial charge on any atom is -0.359 e. The second kappa shape index (κ2) is 7.00. The number of nitrogens with one attached hydrogen (secondary N) is 1. The van der Waals surface area contributed by atoms with Gasteiger partial charge in [0.05, 0.1) is 6.54 Å². The maximum absolute atomic E-state index is 13.0. The van der Waals surface area contributed by atoms with E-state index < -0.39 is 0 Å². The molecule has 0 spiro atoms. The van der Waals surface area contributed by atoms with Crippen LogP contribution in [0.3, 0.4) is 0 Å². The lowest BCUT2D eigenvalue weighted by molar-refractivity contribution is -0.133. The fraction of sp³-hybridized carbons (Fsp3) is 0.500.